The largest absolute Gasteiger partial charge is 0.492 e. The summed E-state index contributed by atoms with van der Waals surface area (Å²) in [5.41, 5.74) is 2.40. The van der Waals surface area contributed by atoms with E-state index in [1.807, 2.05) is 26.2 Å². The molecule has 0 aliphatic carbocycles. The highest BCUT2D eigenvalue weighted by Gasteiger charge is 2.01. The predicted molar refractivity (Wildman–Crippen MR) is 79.1 cm³/mol. The monoisotopic (exact) mass is 247 g/mol. The van der Waals surface area contributed by atoms with Crippen molar-refractivity contribution < 1.29 is 4.74 Å². The van der Waals surface area contributed by atoms with E-state index in [9.17, 15) is 0 Å². The first-order valence-corrected chi connectivity index (χ1v) is 6.69. The summed E-state index contributed by atoms with van der Waals surface area (Å²) in [7, 11) is 4.10. The Morgan fingerprint density at radius 3 is 2.78 bits per heavy atom. The maximum Gasteiger partial charge on any atom is 0.119 e. The van der Waals surface area contributed by atoms with Crippen LogP contribution in [-0.4, -0.2) is 32.1 Å². The second kappa shape index (κ2) is 7.93. The molecule has 0 atom stereocenters. The van der Waals surface area contributed by atoms with Gasteiger partial charge in [-0.2, -0.15) is 0 Å². The van der Waals surface area contributed by atoms with Crippen LogP contribution in [0.15, 0.2) is 30.8 Å². The summed E-state index contributed by atoms with van der Waals surface area (Å²) >= 11 is 0. The van der Waals surface area contributed by atoms with Gasteiger partial charge in [-0.1, -0.05) is 32.1 Å². The number of allylic oxidation sites excluding steroid dienone is 1. The van der Waals surface area contributed by atoms with Crippen molar-refractivity contribution >= 4 is 5.57 Å². The van der Waals surface area contributed by atoms with Crippen molar-refractivity contribution in [3.8, 4) is 5.75 Å². The molecule has 0 aromatic heterocycles. The van der Waals surface area contributed by atoms with Crippen LogP contribution in [0, 0.1) is 0 Å². The van der Waals surface area contributed by atoms with E-state index in [0.29, 0.717) is 0 Å². The molecule has 0 saturated carbocycles. The maximum absolute atomic E-state index is 5.73. The fourth-order valence-corrected chi connectivity index (χ4v) is 1.69. The van der Waals surface area contributed by atoms with Gasteiger partial charge < -0.3 is 9.64 Å². The Kier molecular flexibility index (Phi) is 6.51. The van der Waals surface area contributed by atoms with E-state index in [1.54, 1.807) is 0 Å². The van der Waals surface area contributed by atoms with Crippen LogP contribution in [0.4, 0.5) is 0 Å². The third-order valence-corrected chi connectivity index (χ3v) is 2.88. The second-order valence-electron chi connectivity index (χ2n) is 4.89. The van der Waals surface area contributed by atoms with Gasteiger partial charge in [0, 0.05) is 6.54 Å². The van der Waals surface area contributed by atoms with Crippen LogP contribution >= 0.6 is 0 Å². The molecule has 1 aromatic rings. The number of likely N-dealkylation sites (N-methyl/N-ethyl adjacent to an activating group) is 1. The van der Waals surface area contributed by atoms with Gasteiger partial charge in [0.15, 0.2) is 0 Å². The molecule has 2 nitrogen and oxygen atoms in total. The van der Waals surface area contributed by atoms with Gasteiger partial charge in [-0.3, -0.25) is 0 Å². The van der Waals surface area contributed by atoms with Crippen molar-refractivity contribution in [3.63, 3.8) is 0 Å². The molecule has 0 aliphatic rings. The van der Waals surface area contributed by atoms with Crippen LogP contribution < -0.4 is 4.74 Å². The van der Waals surface area contributed by atoms with Gasteiger partial charge in [0.25, 0.3) is 0 Å². The van der Waals surface area contributed by atoms with Gasteiger partial charge in [0.05, 0.1) is 0 Å². The molecule has 0 N–H and O–H groups in total. The molecule has 0 fully saturated rings. The van der Waals surface area contributed by atoms with Crippen LogP contribution in [0.25, 0.3) is 5.57 Å². The van der Waals surface area contributed by atoms with E-state index in [-0.39, 0.29) is 0 Å². The highest BCUT2D eigenvalue weighted by atomic mass is 16.5. The molecule has 0 bridgehead atoms. The molecule has 0 spiro atoms. The molecule has 0 aliphatic heterocycles. The average Bonchev–Trinajstić information content (AvgIpc) is 2.36. The Morgan fingerprint density at radius 2 is 2.11 bits per heavy atom. The van der Waals surface area contributed by atoms with Crippen LogP contribution in [0.3, 0.4) is 0 Å². The summed E-state index contributed by atoms with van der Waals surface area (Å²) in [6.45, 7) is 8.00. The zero-order valence-corrected chi connectivity index (χ0v) is 11.9. The van der Waals surface area contributed by atoms with Gasteiger partial charge in [-0.05, 0) is 50.2 Å². The van der Waals surface area contributed by atoms with E-state index in [2.05, 4.69) is 30.5 Å². The topological polar surface area (TPSA) is 12.5 Å². The van der Waals surface area contributed by atoms with Crippen molar-refractivity contribution in [1.82, 2.24) is 4.90 Å². The molecule has 0 amide bonds. The summed E-state index contributed by atoms with van der Waals surface area (Å²) in [5.74, 6) is 0.937. The number of benzene rings is 1. The fourth-order valence-electron chi connectivity index (χ4n) is 1.69. The van der Waals surface area contributed by atoms with Crippen molar-refractivity contribution in [2.75, 3.05) is 27.2 Å². The zero-order chi connectivity index (χ0) is 13.4. The molecule has 1 aromatic carbocycles. The first kappa shape index (κ1) is 14.8. The van der Waals surface area contributed by atoms with Crippen LogP contribution in [0.2, 0.25) is 0 Å². The number of nitrogens with zero attached hydrogens (tertiary/aromatic N) is 1. The molecule has 100 valence electrons. The Bertz CT molecular complexity index is 371. The summed E-state index contributed by atoms with van der Waals surface area (Å²) in [6, 6.07) is 8.24. The average molecular weight is 247 g/mol. The van der Waals surface area contributed by atoms with Gasteiger partial charge in [0.2, 0.25) is 0 Å². The van der Waals surface area contributed by atoms with E-state index in [0.717, 1.165) is 25.3 Å². The smallest absolute Gasteiger partial charge is 0.119 e. The lowest BCUT2D eigenvalue weighted by atomic mass is 10.0. The highest BCUT2D eigenvalue weighted by molar-refractivity contribution is 5.64. The lowest BCUT2D eigenvalue weighted by Gasteiger charge is -2.12. The number of hydrogen-bond donors (Lipinski definition) is 0. The summed E-state index contributed by atoms with van der Waals surface area (Å²) < 4.78 is 5.73. The maximum atomic E-state index is 5.73. The van der Waals surface area contributed by atoms with Crippen LogP contribution in [0.1, 0.15) is 31.7 Å². The minimum Gasteiger partial charge on any atom is -0.492 e. The number of rotatable bonds is 8. The van der Waals surface area contributed by atoms with E-state index < -0.39 is 0 Å². The van der Waals surface area contributed by atoms with Crippen LogP contribution in [-0.2, 0) is 0 Å². The lowest BCUT2D eigenvalue weighted by Crippen LogP contribution is -2.19. The normalized spacial score (nSPS) is 10.7. The molecule has 0 unspecified atom stereocenters. The number of hydrogen-bond acceptors (Lipinski definition) is 2. The Labute approximate surface area is 111 Å². The molecule has 18 heavy (non-hydrogen) atoms. The van der Waals surface area contributed by atoms with Crippen molar-refractivity contribution in [1.29, 1.82) is 0 Å². The van der Waals surface area contributed by atoms with Gasteiger partial charge in [-0.25, -0.2) is 0 Å². The molecule has 0 radical (unpaired) electrons. The lowest BCUT2D eigenvalue weighted by molar-refractivity contribution is 0.261. The summed E-state index contributed by atoms with van der Waals surface area (Å²) in [4.78, 5) is 2.12. The molecule has 1 rings (SSSR count). The minimum absolute atomic E-state index is 0.720. The second-order valence-corrected chi connectivity index (χ2v) is 4.89. The zero-order valence-electron chi connectivity index (χ0n) is 11.9. The van der Waals surface area contributed by atoms with Crippen molar-refractivity contribution in [2.45, 2.75) is 26.2 Å². The number of unbranched alkanes of at least 4 members (excludes halogenated alkanes) is 1. The Morgan fingerprint density at radius 1 is 1.33 bits per heavy atom. The molecule has 0 saturated heterocycles. The third-order valence-electron chi connectivity index (χ3n) is 2.88. The standard InChI is InChI=1S/C16H25NO/c1-5-6-8-14(2)15-9-7-10-16(13-15)18-12-11-17(3)4/h7,9-10,13H,2,5-6,8,11-12H2,1,3-4H3. The summed E-state index contributed by atoms with van der Waals surface area (Å²) in [5, 5.41) is 0. The fraction of sp³-hybridized carbons (Fsp3) is 0.500. The van der Waals surface area contributed by atoms with Crippen molar-refractivity contribution in [2.24, 2.45) is 0 Å². The van der Waals surface area contributed by atoms with Gasteiger partial charge in [0.1, 0.15) is 12.4 Å². The molecular weight excluding hydrogens is 222 g/mol. The quantitative estimate of drug-likeness (QED) is 0.692. The SMILES string of the molecule is C=C(CCCC)c1cccc(OCCN(C)C)c1. The van der Waals surface area contributed by atoms with Crippen LogP contribution in [0.5, 0.6) is 5.75 Å². The van der Waals surface area contributed by atoms with E-state index >= 15 is 0 Å². The van der Waals surface area contributed by atoms with Gasteiger partial charge in [-0.15, -0.1) is 0 Å². The summed E-state index contributed by atoms with van der Waals surface area (Å²) in [6.07, 6.45) is 3.47. The molecular formula is C16H25NO. The Hall–Kier alpha value is -1.28. The van der Waals surface area contributed by atoms with Gasteiger partial charge >= 0.3 is 0 Å². The third kappa shape index (κ3) is 5.37. The highest BCUT2D eigenvalue weighted by Crippen LogP contribution is 2.22. The van der Waals surface area contributed by atoms with Crippen molar-refractivity contribution in [3.05, 3.63) is 36.4 Å². The molecule has 2 heteroatoms. The first-order chi connectivity index (χ1) is 8.63. The molecule has 0 heterocycles. The first-order valence-electron chi connectivity index (χ1n) is 6.69. The Balaban J connectivity index is 2.53. The predicted octanol–water partition coefficient (Wildman–Crippen LogP) is 3.83. The number of ether oxygens (including phenoxy) is 1. The van der Waals surface area contributed by atoms with E-state index in [4.69, 9.17) is 4.74 Å². The minimum atomic E-state index is 0.720. The van der Waals surface area contributed by atoms with E-state index in [1.165, 1.54) is 24.0 Å².